The average Bonchev–Trinajstić information content (AvgIpc) is 2.80. The van der Waals surface area contributed by atoms with E-state index in [-0.39, 0.29) is 18.3 Å². The van der Waals surface area contributed by atoms with E-state index in [1.807, 2.05) is 25.3 Å². The molecule has 0 saturated carbocycles. The molecular formula is C17H16FN3O. The lowest BCUT2D eigenvalue weighted by Crippen LogP contribution is -2.25. The van der Waals surface area contributed by atoms with E-state index in [4.69, 9.17) is 0 Å². The van der Waals surface area contributed by atoms with Gasteiger partial charge in [0.25, 0.3) is 5.91 Å². The van der Waals surface area contributed by atoms with Gasteiger partial charge in [-0.2, -0.15) is 0 Å². The lowest BCUT2D eigenvalue weighted by Gasteiger charge is -2.07. The predicted molar refractivity (Wildman–Crippen MR) is 82.2 cm³/mol. The number of carbonyl (C=O) groups excluding carboxylic acids is 1. The molecule has 0 radical (unpaired) electrons. The number of halogens is 1. The normalized spacial score (nSPS) is 10.9. The summed E-state index contributed by atoms with van der Waals surface area (Å²) >= 11 is 0. The lowest BCUT2D eigenvalue weighted by atomic mass is 10.2. The Kier molecular flexibility index (Phi) is 3.63. The molecule has 0 saturated heterocycles. The first-order valence-corrected chi connectivity index (χ1v) is 7.02. The smallest absolute Gasteiger partial charge is 0.270 e. The third-order valence-electron chi connectivity index (χ3n) is 3.50. The van der Waals surface area contributed by atoms with Crippen LogP contribution in [0, 0.1) is 19.7 Å². The van der Waals surface area contributed by atoms with Crippen LogP contribution in [0.3, 0.4) is 0 Å². The van der Waals surface area contributed by atoms with Crippen molar-refractivity contribution in [2.45, 2.75) is 20.4 Å². The van der Waals surface area contributed by atoms with Crippen LogP contribution in [0.5, 0.6) is 0 Å². The lowest BCUT2D eigenvalue weighted by molar-refractivity contribution is 0.0944. The van der Waals surface area contributed by atoms with Gasteiger partial charge in [-0.1, -0.05) is 18.2 Å². The minimum Gasteiger partial charge on any atom is -0.347 e. The summed E-state index contributed by atoms with van der Waals surface area (Å²) in [6.45, 7) is 4.04. The first kappa shape index (κ1) is 14.3. The van der Waals surface area contributed by atoms with E-state index in [0.29, 0.717) is 11.4 Å². The van der Waals surface area contributed by atoms with Gasteiger partial charge in [0.1, 0.15) is 17.2 Å². The molecule has 3 rings (SSSR count). The number of rotatable bonds is 3. The Hall–Kier alpha value is -2.69. The van der Waals surface area contributed by atoms with Gasteiger partial charge < -0.3 is 5.32 Å². The van der Waals surface area contributed by atoms with Crippen molar-refractivity contribution < 1.29 is 9.18 Å². The first-order chi connectivity index (χ1) is 10.5. The van der Waals surface area contributed by atoms with Crippen LogP contribution in [0.4, 0.5) is 4.39 Å². The standard InChI is InChI=1S/C17H16FN3O/c1-11-6-7-15-20-12(2)16(21(15)10-11)17(22)19-9-13-4-3-5-14(18)8-13/h3-8,10H,9H2,1-2H3,(H,19,22). The van der Waals surface area contributed by atoms with Crippen molar-refractivity contribution in [3.05, 3.63) is 70.9 Å². The maximum Gasteiger partial charge on any atom is 0.270 e. The minimum atomic E-state index is -0.312. The largest absolute Gasteiger partial charge is 0.347 e. The highest BCUT2D eigenvalue weighted by Gasteiger charge is 2.16. The SMILES string of the molecule is Cc1ccc2nc(C)c(C(=O)NCc3cccc(F)c3)n2c1. The molecule has 1 N–H and O–H groups in total. The molecule has 0 aliphatic rings. The van der Waals surface area contributed by atoms with Crippen molar-refractivity contribution in [1.29, 1.82) is 0 Å². The van der Waals surface area contributed by atoms with Gasteiger partial charge in [-0.25, -0.2) is 9.37 Å². The molecule has 0 aliphatic carbocycles. The fraction of sp³-hybridized carbons (Fsp3) is 0.176. The zero-order valence-electron chi connectivity index (χ0n) is 12.4. The Balaban J connectivity index is 1.86. The molecule has 1 aromatic carbocycles. The van der Waals surface area contributed by atoms with Crippen molar-refractivity contribution in [1.82, 2.24) is 14.7 Å². The highest BCUT2D eigenvalue weighted by molar-refractivity contribution is 5.94. The van der Waals surface area contributed by atoms with Gasteiger partial charge in [0.05, 0.1) is 5.69 Å². The summed E-state index contributed by atoms with van der Waals surface area (Å²) in [7, 11) is 0. The zero-order valence-corrected chi connectivity index (χ0v) is 12.4. The van der Waals surface area contributed by atoms with E-state index in [2.05, 4.69) is 10.3 Å². The van der Waals surface area contributed by atoms with Gasteiger partial charge in [-0.15, -0.1) is 0 Å². The number of aromatic nitrogens is 2. The van der Waals surface area contributed by atoms with E-state index < -0.39 is 0 Å². The van der Waals surface area contributed by atoms with E-state index >= 15 is 0 Å². The maximum absolute atomic E-state index is 13.2. The third kappa shape index (κ3) is 2.70. The summed E-state index contributed by atoms with van der Waals surface area (Å²) < 4.78 is 14.9. The van der Waals surface area contributed by atoms with Crippen LogP contribution in [0.2, 0.25) is 0 Å². The van der Waals surface area contributed by atoms with Crippen LogP contribution < -0.4 is 5.32 Å². The third-order valence-corrected chi connectivity index (χ3v) is 3.50. The molecule has 0 fully saturated rings. The van der Waals surface area contributed by atoms with E-state index in [1.54, 1.807) is 23.5 Å². The Morgan fingerprint density at radius 3 is 2.86 bits per heavy atom. The fourth-order valence-electron chi connectivity index (χ4n) is 2.46. The molecular weight excluding hydrogens is 281 g/mol. The first-order valence-electron chi connectivity index (χ1n) is 7.02. The van der Waals surface area contributed by atoms with Crippen LogP contribution >= 0.6 is 0 Å². The maximum atomic E-state index is 13.2. The Labute approximate surface area is 127 Å². The number of imidazole rings is 1. The van der Waals surface area contributed by atoms with E-state index in [0.717, 1.165) is 16.8 Å². The highest BCUT2D eigenvalue weighted by atomic mass is 19.1. The molecule has 0 spiro atoms. The summed E-state index contributed by atoms with van der Waals surface area (Å²) in [4.78, 5) is 16.8. The number of fused-ring (bicyclic) bond motifs is 1. The van der Waals surface area contributed by atoms with Crippen LogP contribution in [0.25, 0.3) is 5.65 Å². The molecule has 4 nitrogen and oxygen atoms in total. The van der Waals surface area contributed by atoms with Gasteiger partial charge in [0, 0.05) is 12.7 Å². The summed E-state index contributed by atoms with van der Waals surface area (Å²) in [6, 6.07) is 10.0. The highest BCUT2D eigenvalue weighted by Crippen LogP contribution is 2.13. The van der Waals surface area contributed by atoms with Crippen molar-refractivity contribution in [3.8, 4) is 0 Å². The monoisotopic (exact) mass is 297 g/mol. The molecule has 2 heterocycles. The number of nitrogens with zero attached hydrogens (tertiary/aromatic N) is 2. The Bertz CT molecular complexity index is 854. The number of hydrogen-bond acceptors (Lipinski definition) is 2. The molecule has 0 unspecified atom stereocenters. The summed E-state index contributed by atoms with van der Waals surface area (Å²) in [5.41, 5.74) is 3.68. The molecule has 22 heavy (non-hydrogen) atoms. The van der Waals surface area contributed by atoms with Crippen molar-refractivity contribution in [2.24, 2.45) is 0 Å². The van der Waals surface area contributed by atoms with Crippen molar-refractivity contribution >= 4 is 11.6 Å². The second-order valence-electron chi connectivity index (χ2n) is 5.29. The van der Waals surface area contributed by atoms with Crippen molar-refractivity contribution in [2.75, 3.05) is 0 Å². The molecule has 0 aliphatic heterocycles. The second kappa shape index (κ2) is 5.60. The molecule has 112 valence electrons. The predicted octanol–water partition coefficient (Wildman–Crippen LogP) is 3.02. The number of carbonyl (C=O) groups is 1. The molecule has 3 aromatic rings. The summed E-state index contributed by atoms with van der Waals surface area (Å²) in [5, 5.41) is 2.81. The summed E-state index contributed by atoms with van der Waals surface area (Å²) in [5.74, 6) is -0.534. The van der Waals surface area contributed by atoms with Crippen LogP contribution in [-0.4, -0.2) is 15.3 Å². The zero-order chi connectivity index (χ0) is 15.7. The quantitative estimate of drug-likeness (QED) is 0.807. The average molecular weight is 297 g/mol. The van der Waals surface area contributed by atoms with Gasteiger partial charge in [0.15, 0.2) is 0 Å². The summed E-state index contributed by atoms with van der Waals surface area (Å²) in [6.07, 6.45) is 1.88. The Morgan fingerprint density at radius 2 is 2.09 bits per heavy atom. The van der Waals surface area contributed by atoms with E-state index in [1.165, 1.54) is 12.1 Å². The second-order valence-corrected chi connectivity index (χ2v) is 5.29. The molecule has 0 bridgehead atoms. The number of nitrogens with one attached hydrogen (secondary N) is 1. The molecule has 0 atom stereocenters. The van der Waals surface area contributed by atoms with Crippen LogP contribution in [0.15, 0.2) is 42.6 Å². The topological polar surface area (TPSA) is 46.4 Å². The molecule has 5 heteroatoms. The van der Waals surface area contributed by atoms with Gasteiger partial charge in [-0.05, 0) is 43.2 Å². The Morgan fingerprint density at radius 1 is 1.27 bits per heavy atom. The number of hydrogen-bond donors (Lipinski definition) is 1. The number of benzene rings is 1. The van der Waals surface area contributed by atoms with Gasteiger partial charge in [0.2, 0.25) is 0 Å². The van der Waals surface area contributed by atoms with E-state index in [9.17, 15) is 9.18 Å². The van der Waals surface area contributed by atoms with Crippen LogP contribution in [-0.2, 0) is 6.54 Å². The number of amides is 1. The number of pyridine rings is 1. The molecule has 1 amide bonds. The van der Waals surface area contributed by atoms with Crippen molar-refractivity contribution in [3.63, 3.8) is 0 Å². The van der Waals surface area contributed by atoms with Crippen LogP contribution in [0.1, 0.15) is 27.3 Å². The van der Waals surface area contributed by atoms with Gasteiger partial charge >= 0.3 is 0 Å². The minimum absolute atomic E-state index is 0.222. The number of aryl methyl sites for hydroxylation is 2. The molecule has 2 aromatic heterocycles. The fourth-order valence-corrected chi connectivity index (χ4v) is 2.46. The van der Waals surface area contributed by atoms with Gasteiger partial charge in [-0.3, -0.25) is 9.20 Å².